The summed E-state index contributed by atoms with van der Waals surface area (Å²) in [4.78, 5) is 31.4. The van der Waals surface area contributed by atoms with E-state index in [0.717, 1.165) is 47.9 Å². The lowest BCUT2D eigenvalue weighted by Crippen LogP contribution is -2.30. The van der Waals surface area contributed by atoms with E-state index in [9.17, 15) is 9.59 Å². The van der Waals surface area contributed by atoms with Crippen molar-refractivity contribution in [3.63, 3.8) is 0 Å². The molecule has 160 valence electrons. The van der Waals surface area contributed by atoms with E-state index < -0.39 is 5.91 Å². The lowest BCUT2D eigenvalue weighted by Gasteiger charge is -2.30. The largest absolute Gasteiger partial charge is 0.370 e. The molecule has 31 heavy (non-hydrogen) atoms. The quantitative estimate of drug-likeness (QED) is 0.602. The zero-order valence-electron chi connectivity index (χ0n) is 17.6. The van der Waals surface area contributed by atoms with Crippen LogP contribution in [0.1, 0.15) is 40.9 Å². The van der Waals surface area contributed by atoms with Crippen LogP contribution in [0.2, 0.25) is 0 Å². The predicted octanol–water partition coefficient (Wildman–Crippen LogP) is 4.39. The lowest BCUT2D eigenvalue weighted by molar-refractivity contribution is -0.115. The zero-order chi connectivity index (χ0) is 21.8. The van der Waals surface area contributed by atoms with Crippen LogP contribution in [-0.4, -0.2) is 29.9 Å². The number of thiazole rings is 1. The maximum Gasteiger partial charge on any atom is 0.248 e. The summed E-state index contributed by atoms with van der Waals surface area (Å²) in [6, 6.07) is 13.4. The minimum absolute atomic E-state index is 0.166. The number of rotatable bonds is 6. The van der Waals surface area contributed by atoms with Crippen LogP contribution in [0.5, 0.6) is 0 Å². The Kier molecular flexibility index (Phi) is 6.32. The third-order valence-electron chi connectivity index (χ3n) is 5.41. The van der Waals surface area contributed by atoms with Crippen molar-refractivity contribution in [2.75, 3.05) is 23.3 Å². The van der Waals surface area contributed by atoms with Crippen LogP contribution in [0.25, 0.3) is 10.6 Å². The van der Waals surface area contributed by atoms with Gasteiger partial charge in [-0.25, -0.2) is 4.98 Å². The molecule has 6 nitrogen and oxygen atoms in total. The summed E-state index contributed by atoms with van der Waals surface area (Å²) in [5.41, 5.74) is 10.3. The zero-order valence-corrected chi connectivity index (χ0v) is 18.4. The number of nitrogens with one attached hydrogen (secondary N) is 1. The highest BCUT2D eigenvalue weighted by Gasteiger charge is 2.18. The highest BCUT2D eigenvalue weighted by atomic mass is 32.1. The van der Waals surface area contributed by atoms with E-state index in [1.807, 2.05) is 36.6 Å². The molecule has 4 rings (SSSR count). The second-order valence-electron chi connectivity index (χ2n) is 7.88. The van der Waals surface area contributed by atoms with E-state index in [1.54, 1.807) is 12.1 Å². The Morgan fingerprint density at radius 3 is 2.68 bits per heavy atom. The predicted molar refractivity (Wildman–Crippen MR) is 126 cm³/mol. The van der Waals surface area contributed by atoms with Gasteiger partial charge in [-0.3, -0.25) is 9.59 Å². The van der Waals surface area contributed by atoms with Crippen LogP contribution < -0.4 is 16.0 Å². The molecular formula is C24H26N4O2S. The van der Waals surface area contributed by atoms with Crippen molar-refractivity contribution < 1.29 is 9.59 Å². The minimum Gasteiger partial charge on any atom is -0.370 e. The van der Waals surface area contributed by atoms with Crippen LogP contribution in [-0.2, 0) is 11.2 Å². The molecule has 2 amide bonds. The molecule has 0 unspecified atom stereocenters. The Labute approximate surface area is 186 Å². The summed E-state index contributed by atoms with van der Waals surface area (Å²) in [7, 11) is 0. The maximum absolute atomic E-state index is 12.8. The summed E-state index contributed by atoms with van der Waals surface area (Å²) in [5, 5.41) is 5.80. The number of amides is 2. The highest BCUT2D eigenvalue weighted by molar-refractivity contribution is 7.13. The fraction of sp³-hybridized carbons (Fsp3) is 0.292. The number of piperidine rings is 1. The Hall–Kier alpha value is -3.19. The number of primary amides is 1. The average molecular weight is 435 g/mol. The van der Waals surface area contributed by atoms with Crippen molar-refractivity contribution in [1.29, 1.82) is 0 Å². The van der Waals surface area contributed by atoms with Crippen molar-refractivity contribution in [1.82, 2.24) is 4.98 Å². The molecule has 3 N–H and O–H groups in total. The number of nitrogens with zero attached hydrogens (tertiary/aromatic N) is 2. The maximum atomic E-state index is 12.8. The molecule has 2 aromatic carbocycles. The first kappa shape index (κ1) is 21.1. The molecule has 1 aliphatic rings. The number of anilines is 2. The van der Waals surface area contributed by atoms with Crippen molar-refractivity contribution in [3.8, 4) is 10.6 Å². The molecule has 7 heteroatoms. The number of nitrogens with two attached hydrogens (primary N) is 1. The number of aryl methyl sites for hydroxylation is 1. The fourth-order valence-corrected chi connectivity index (χ4v) is 4.67. The summed E-state index contributed by atoms with van der Waals surface area (Å²) in [6.07, 6.45) is 3.62. The first-order valence-corrected chi connectivity index (χ1v) is 11.4. The molecule has 0 saturated carbocycles. The van der Waals surface area contributed by atoms with Gasteiger partial charge in [0.25, 0.3) is 0 Å². The average Bonchev–Trinajstić information content (AvgIpc) is 3.22. The van der Waals surface area contributed by atoms with Crippen molar-refractivity contribution in [3.05, 3.63) is 64.7 Å². The summed E-state index contributed by atoms with van der Waals surface area (Å²) in [5.74, 6) is -0.677. The van der Waals surface area contributed by atoms with Gasteiger partial charge in [0.2, 0.25) is 11.8 Å². The number of aromatic nitrogens is 1. The Bertz CT molecular complexity index is 1100. The number of carbonyl (C=O) groups excluding carboxylic acids is 2. The highest BCUT2D eigenvalue weighted by Crippen LogP contribution is 2.30. The molecule has 0 atom stereocenters. The van der Waals surface area contributed by atoms with Crippen molar-refractivity contribution in [2.45, 2.75) is 32.6 Å². The fourth-order valence-electron chi connectivity index (χ4n) is 3.86. The molecule has 2 heterocycles. The molecule has 3 aromatic rings. The molecule has 1 aliphatic heterocycles. The van der Waals surface area contributed by atoms with E-state index in [1.165, 1.54) is 23.3 Å². The molecule has 0 spiro atoms. The SMILES string of the molecule is Cc1cccc(-c2nc(CC(=O)Nc3cc(C(N)=O)ccc3N3CCCCC3)cs2)c1. The number of hydrogen-bond acceptors (Lipinski definition) is 5. The second kappa shape index (κ2) is 9.31. The van der Waals surface area contributed by atoms with E-state index in [2.05, 4.69) is 21.3 Å². The van der Waals surface area contributed by atoms with Crippen molar-refractivity contribution >= 4 is 34.5 Å². The molecule has 0 aliphatic carbocycles. The minimum atomic E-state index is -0.511. The molecule has 1 saturated heterocycles. The van der Waals surface area contributed by atoms with Crippen molar-refractivity contribution in [2.24, 2.45) is 5.73 Å². The van der Waals surface area contributed by atoms with Gasteiger partial charge < -0.3 is 16.0 Å². The number of carbonyl (C=O) groups is 2. The van der Waals surface area contributed by atoms with Crippen LogP contribution in [0, 0.1) is 6.92 Å². The van der Waals surface area contributed by atoms with Crippen LogP contribution >= 0.6 is 11.3 Å². The summed E-state index contributed by atoms with van der Waals surface area (Å²) < 4.78 is 0. The van der Waals surface area contributed by atoms with E-state index in [0.29, 0.717) is 11.3 Å². The third kappa shape index (κ3) is 5.11. The lowest BCUT2D eigenvalue weighted by atomic mass is 10.1. The normalized spacial score (nSPS) is 13.8. The van der Waals surface area contributed by atoms with Crippen LogP contribution in [0.15, 0.2) is 47.8 Å². The summed E-state index contributed by atoms with van der Waals surface area (Å²) >= 11 is 1.53. The van der Waals surface area contributed by atoms with Gasteiger partial charge in [-0.2, -0.15) is 0 Å². The molecule has 0 radical (unpaired) electrons. The van der Waals surface area contributed by atoms with Gasteiger partial charge in [0.1, 0.15) is 5.01 Å². The third-order valence-corrected chi connectivity index (χ3v) is 6.35. The second-order valence-corrected chi connectivity index (χ2v) is 8.74. The first-order chi connectivity index (χ1) is 15.0. The topological polar surface area (TPSA) is 88.3 Å². The van der Waals surface area contributed by atoms with E-state index in [-0.39, 0.29) is 12.3 Å². The molecule has 0 bridgehead atoms. The van der Waals surface area contributed by atoms with Gasteiger partial charge in [-0.05, 0) is 50.5 Å². The summed E-state index contributed by atoms with van der Waals surface area (Å²) in [6.45, 7) is 3.92. The van der Waals surface area contributed by atoms with E-state index >= 15 is 0 Å². The van der Waals surface area contributed by atoms with Gasteiger partial charge in [0.15, 0.2) is 0 Å². The Morgan fingerprint density at radius 1 is 1.13 bits per heavy atom. The van der Waals surface area contributed by atoms with Gasteiger partial charge in [-0.1, -0.05) is 23.8 Å². The van der Waals surface area contributed by atoms with Gasteiger partial charge in [0, 0.05) is 29.6 Å². The molecule has 1 fully saturated rings. The van der Waals surface area contributed by atoms with Crippen LogP contribution in [0.4, 0.5) is 11.4 Å². The van der Waals surface area contributed by atoms with Crippen LogP contribution in [0.3, 0.4) is 0 Å². The Balaban J connectivity index is 1.51. The number of benzene rings is 2. The van der Waals surface area contributed by atoms with E-state index in [4.69, 9.17) is 5.73 Å². The number of hydrogen-bond donors (Lipinski definition) is 2. The van der Waals surface area contributed by atoms with Gasteiger partial charge in [0.05, 0.1) is 23.5 Å². The first-order valence-electron chi connectivity index (χ1n) is 10.5. The standard InChI is InChI=1S/C24H26N4O2S/c1-16-6-5-7-18(12-16)24-26-19(15-31-24)14-22(29)27-20-13-17(23(25)30)8-9-21(20)28-10-3-2-4-11-28/h5-9,12-13,15H,2-4,10-11,14H2,1H3,(H2,25,30)(H,27,29). The monoisotopic (exact) mass is 434 g/mol. The Morgan fingerprint density at radius 2 is 1.94 bits per heavy atom. The molecular weight excluding hydrogens is 408 g/mol. The van der Waals surface area contributed by atoms with Gasteiger partial charge in [-0.15, -0.1) is 11.3 Å². The van der Waals surface area contributed by atoms with Gasteiger partial charge >= 0.3 is 0 Å². The molecule has 1 aromatic heterocycles. The smallest absolute Gasteiger partial charge is 0.248 e.